The van der Waals surface area contributed by atoms with Crippen LogP contribution in [-0.2, 0) is 20.9 Å². The third kappa shape index (κ3) is 3.10. The summed E-state index contributed by atoms with van der Waals surface area (Å²) in [7, 11) is 0. The predicted molar refractivity (Wildman–Crippen MR) is 69.0 cm³/mol. The maximum absolute atomic E-state index is 11.0. The van der Waals surface area contributed by atoms with Crippen LogP contribution in [0.3, 0.4) is 0 Å². The summed E-state index contributed by atoms with van der Waals surface area (Å²) in [6.45, 7) is 4.63. The number of esters is 1. The average molecular weight is 248 g/mol. The molecule has 1 heterocycles. The lowest BCUT2D eigenvalue weighted by molar-refractivity contribution is -0.186. The molecule has 1 aromatic rings. The molecule has 1 fully saturated rings. The third-order valence-electron chi connectivity index (χ3n) is 3.48. The van der Waals surface area contributed by atoms with Gasteiger partial charge in [-0.3, -0.25) is 4.79 Å². The van der Waals surface area contributed by atoms with Crippen molar-refractivity contribution >= 4 is 5.97 Å². The summed E-state index contributed by atoms with van der Waals surface area (Å²) in [6.07, 6.45) is 1.94. The van der Waals surface area contributed by atoms with Crippen LogP contribution < -0.4 is 0 Å². The van der Waals surface area contributed by atoms with E-state index < -0.39 is 0 Å². The second-order valence-corrected chi connectivity index (χ2v) is 4.83. The van der Waals surface area contributed by atoms with E-state index in [-0.39, 0.29) is 24.1 Å². The Morgan fingerprint density at radius 1 is 1.33 bits per heavy atom. The van der Waals surface area contributed by atoms with Gasteiger partial charge in [-0.1, -0.05) is 37.3 Å². The Balaban J connectivity index is 1.78. The molecule has 0 aliphatic carbocycles. The summed E-state index contributed by atoms with van der Waals surface area (Å²) in [4.78, 5) is 11.0. The van der Waals surface area contributed by atoms with E-state index in [2.05, 4.69) is 19.1 Å². The molecule has 18 heavy (non-hydrogen) atoms. The van der Waals surface area contributed by atoms with E-state index in [1.165, 1.54) is 5.56 Å². The lowest BCUT2D eigenvalue weighted by Gasteiger charge is -2.34. The van der Waals surface area contributed by atoms with Crippen molar-refractivity contribution in [1.82, 2.24) is 0 Å². The fraction of sp³-hybridized carbons (Fsp3) is 0.533. The van der Waals surface area contributed by atoms with Crippen LogP contribution in [0.25, 0.3) is 0 Å². The van der Waals surface area contributed by atoms with Gasteiger partial charge in [0.2, 0.25) is 0 Å². The Bertz CT molecular complexity index is 388. The van der Waals surface area contributed by atoms with Crippen molar-refractivity contribution in [3.8, 4) is 0 Å². The molecule has 0 N–H and O–H groups in total. The lowest BCUT2D eigenvalue weighted by atomic mass is 9.93. The molecule has 3 heteroatoms. The first-order valence-corrected chi connectivity index (χ1v) is 6.56. The maximum Gasteiger partial charge on any atom is 0.312 e. The Morgan fingerprint density at radius 3 is 2.61 bits per heavy atom. The number of hydrogen-bond acceptors (Lipinski definition) is 3. The van der Waals surface area contributed by atoms with Gasteiger partial charge in [0, 0.05) is 6.42 Å². The summed E-state index contributed by atoms with van der Waals surface area (Å²) in [5, 5.41) is 0. The van der Waals surface area contributed by atoms with Gasteiger partial charge in [0.1, 0.15) is 6.10 Å². The smallest absolute Gasteiger partial charge is 0.312 e. The van der Waals surface area contributed by atoms with Crippen LogP contribution in [0.4, 0.5) is 0 Å². The first kappa shape index (κ1) is 13.1. The number of hydrogen-bond donors (Lipinski definition) is 0. The maximum atomic E-state index is 11.0. The summed E-state index contributed by atoms with van der Waals surface area (Å²) < 4.78 is 11.0. The van der Waals surface area contributed by atoms with E-state index in [9.17, 15) is 4.79 Å². The first-order valence-electron chi connectivity index (χ1n) is 6.56. The van der Waals surface area contributed by atoms with Crippen molar-refractivity contribution in [2.24, 2.45) is 5.92 Å². The molecular formula is C15H20O3. The van der Waals surface area contributed by atoms with Gasteiger partial charge in [0.25, 0.3) is 0 Å². The third-order valence-corrected chi connectivity index (χ3v) is 3.48. The average Bonchev–Trinajstić information content (AvgIpc) is 2.43. The molecule has 1 saturated heterocycles. The fourth-order valence-electron chi connectivity index (χ4n) is 2.09. The number of carbonyl (C=O) groups excluding carboxylic acids is 1. The van der Waals surface area contributed by atoms with Crippen molar-refractivity contribution in [3.63, 3.8) is 0 Å². The molecule has 0 amide bonds. The Labute approximate surface area is 108 Å². The SMILES string of the molecule is CC[C@H](C[C@@H]1OC(=O)[C@H]1C)OCc1ccccc1. The quantitative estimate of drug-likeness (QED) is 0.726. The second-order valence-electron chi connectivity index (χ2n) is 4.83. The van der Waals surface area contributed by atoms with Gasteiger partial charge in [-0.2, -0.15) is 0 Å². The molecule has 0 spiro atoms. The van der Waals surface area contributed by atoms with Crippen LogP contribution >= 0.6 is 0 Å². The highest BCUT2D eigenvalue weighted by molar-refractivity contribution is 5.77. The van der Waals surface area contributed by atoms with E-state index in [1.54, 1.807) is 0 Å². The van der Waals surface area contributed by atoms with Crippen LogP contribution in [0, 0.1) is 5.92 Å². The zero-order chi connectivity index (χ0) is 13.0. The first-order chi connectivity index (χ1) is 8.70. The van der Waals surface area contributed by atoms with Crippen molar-refractivity contribution in [1.29, 1.82) is 0 Å². The van der Waals surface area contributed by atoms with E-state index in [1.807, 2.05) is 25.1 Å². The van der Waals surface area contributed by atoms with Gasteiger partial charge in [-0.05, 0) is 18.9 Å². The van der Waals surface area contributed by atoms with Crippen LogP contribution in [0.2, 0.25) is 0 Å². The molecule has 1 aliphatic rings. The molecule has 3 nitrogen and oxygen atoms in total. The fourth-order valence-corrected chi connectivity index (χ4v) is 2.09. The minimum atomic E-state index is -0.0853. The zero-order valence-electron chi connectivity index (χ0n) is 11.0. The highest BCUT2D eigenvalue weighted by atomic mass is 16.6. The van der Waals surface area contributed by atoms with Gasteiger partial charge < -0.3 is 9.47 Å². The van der Waals surface area contributed by atoms with Crippen LogP contribution in [0.15, 0.2) is 30.3 Å². The summed E-state index contributed by atoms with van der Waals surface area (Å²) >= 11 is 0. The monoisotopic (exact) mass is 248 g/mol. The van der Waals surface area contributed by atoms with Crippen molar-refractivity contribution < 1.29 is 14.3 Å². The molecule has 0 aromatic heterocycles. The molecule has 1 aromatic carbocycles. The summed E-state index contributed by atoms with van der Waals surface area (Å²) in [5.41, 5.74) is 1.18. The van der Waals surface area contributed by atoms with E-state index >= 15 is 0 Å². The zero-order valence-corrected chi connectivity index (χ0v) is 11.0. The van der Waals surface area contributed by atoms with Crippen molar-refractivity contribution in [2.75, 3.05) is 0 Å². The van der Waals surface area contributed by atoms with Gasteiger partial charge in [-0.25, -0.2) is 0 Å². The molecular weight excluding hydrogens is 228 g/mol. The summed E-state index contributed by atoms with van der Waals surface area (Å²) in [5.74, 6) is -0.0581. The van der Waals surface area contributed by atoms with Crippen LogP contribution in [0.5, 0.6) is 0 Å². The Morgan fingerprint density at radius 2 is 2.06 bits per heavy atom. The lowest BCUT2D eigenvalue weighted by Crippen LogP contribution is -2.45. The van der Waals surface area contributed by atoms with Crippen molar-refractivity contribution in [2.45, 2.75) is 45.5 Å². The Kier molecular flexibility index (Phi) is 4.37. The highest BCUT2D eigenvalue weighted by Gasteiger charge is 2.39. The molecule has 0 bridgehead atoms. The normalized spacial score (nSPS) is 24.2. The van der Waals surface area contributed by atoms with E-state index in [4.69, 9.17) is 9.47 Å². The van der Waals surface area contributed by atoms with Gasteiger partial charge in [0.05, 0.1) is 18.6 Å². The molecule has 2 rings (SSSR count). The molecule has 0 saturated carbocycles. The topological polar surface area (TPSA) is 35.5 Å². The standard InChI is InChI=1S/C15H20O3/c1-3-13(9-14-11(2)15(16)18-14)17-10-12-7-5-4-6-8-12/h4-8,11,13-14H,3,9-10H2,1-2H3/t11-,13+,14-/m0/s1. The second kappa shape index (κ2) is 6.01. The number of cyclic esters (lactones) is 1. The predicted octanol–water partition coefficient (Wildman–Crippen LogP) is 2.93. The molecule has 98 valence electrons. The molecule has 0 unspecified atom stereocenters. The number of benzene rings is 1. The number of ether oxygens (including phenoxy) is 2. The minimum Gasteiger partial charge on any atom is -0.461 e. The van der Waals surface area contributed by atoms with Gasteiger partial charge in [-0.15, -0.1) is 0 Å². The highest BCUT2D eigenvalue weighted by Crippen LogP contribution is 2.27. The Hall–Kier alpha value is -1.35. The molecule has 3 atom stereocenters. The van der Waals surface area contributed by atoms with Crippen molar-refractivity contribution in [3.05, 3.63) is 35.9 Å². The van der Waals surface area contributed by atoms with E-state index in [0.29, 0.717) is 6.61 Å². The summed E-state index contributed by atoms with van der Waals surface area (Å²) in [6, 6.07) is 10.1. The minimum absolute atomic E-state index is 0.0272. The van der Waals surface area contributed by atoms with Crippen LogP contribution in [-0.4, -0.2) is 18.2 Å². The molecule has 0 radical (unpaired) electrons. The number of rotatable bonds is 6. The van der Waals surface area contributed by atoms with Gasteiger partial charge >= 0.3 is 5.97 Å². The largest absolute Gasteiger partial charge is 0.461 e. The van der Waals surface area contributed by atoms with Crippen LogP contribution in [0.1, 0.15) is 32.3 Å². The number of carbonyl (C=O) groups is 1. The van der Waals surface area contributed by atoms with E-state index in [0.717, 1.165) is 12.8 Å². The molecule has 1 aliphatic heterocycles. The van der Waals surface area contributed by atoms with Gasteiger partial charge in [0.15, 0.2) is 0 Å².